The van der Waals surface area contributed by atoms with Crippen LogP contribution in [0, 0.1) is 5.82 Å². The number of aromatic nitrogens is 3. The van der Waals surface area contributed by atoms with Crippen LogP contribution in [-0.2, 0) is 6.42 Å². The van der Waals surface area contributed by atoms with Gasteiger partial charge in [-0.15, -0.1) is 11.3 Å². The van der Waals surface area contributed by atoms with Crippen molar-refractivity contribution < 1.29 is 9.13 Å². The molecule has 0 radical (unpaired) electrons. The first-order chi connectivity index (χ1) is 15.1. The summed E-state index contributed by atoms with van der Waals surface area (Å²) >= 11 is 7.74. The second kappa shape index (κ2) is 8.13. The summed E-state index contributed by atoms with van der Waals surface area (Å²) in [6.07, 6.45) is 2.57. The number of hydrogen-bond acceptors (Lipinski definition) is 4. The fraction of sp³-hybridized carbons (Fsp3) is 0.0833. The fourth-order valence-electron chi connectivity index (χ4n) is 3.50. The van der Waals surface area contributed by atoms with Gasteiger partial charge in [0.25, 0.3) is 0 Å². The van der Waals surface area contributed by atoms with Gasteiger partial charge in [-0.1, -0.05) is 23.7 Å². The van der Waals surface area contributed by atoms with E-state index in [0.29, 0.717) is 28.6 Å². The molecule has 5 aromatic rings. The number of rotatable bonds is 5. The van der Waals surface area contributed by atoms with E-state index in [9.17, 15) is 4.39 Å². The van der Waals surface area contributed by atoms with E-state index < -0.39 is 0 Å². The summed E-state index contributed by atoms with van der Waals surface area (Å²) < 4.78 is 22.3. The van der Waals surface area contributed by atoms with Crippen molar-refractivity contribution in [2.75, 3.05) is 7.11 Å². The Bertz CT molecular complexity index is 1340. The molecule has 0 aliphatic rings. The number of imidazole rings is 1. The van der Waals surface area contributed by atoms with Crippen LogP contribution in [0.2, 0.25) is 5.02 Å². The van der Waals surface area contributed by atoms with Gasteiger partial charge in [0.15, 0.2) is 0 Å². The lowest BCUT2D eigenvalue weighted by Gasteiger charge is -2.11. The minimum Gasteiger partial charge on any atom is -0.496 e. The predicted molar refractivity (Wildman–Crippen MR) is 123 cm³/mol. The summed E-state index contributed by atoms with van der Waals surface area (Å²) in [5, 5.41) is 1.64. The van der Waals surface area contributed by atoms with Crippen molar-refractivity contribution in [2.24, 2.45) is 0 Å². The van der Waals surface area contributed by atoms with Gasteiger partial charge < -0.3 is 4.74 Å². The highest BCUT2D eigenvalue weighted by Gasteiger charge is 2.17. The third-order valence-electron chi connectivity index (χ3n) is 4.94. The molecule has 31 heavy (non-hydrogen) atoms. The summed E-state index contributed by atoms with van der Waals surface area (Å²) in [7, 11) is 1.52. The van der Waals surface area contributed by atoms with Gasteiger partial charge in [0.05, 0.1) is 33.6 Å². The third-order valence-corrected chi connectivity index (χ3v) is 6.22. The smallest absolute Gasteiger partial charge is 0.148 e. The molecule has 0 spiro atoms. The van der Waals surface area contributed by atoms with E-state index in [0.717, 1.165) is 26.6 Å². The largest absolute Gasteiger partial charge is 0.496 e. The highest BCUT2D eigenvalue weighted by atomic mass is 35.5. The van der Waals surface area contributed by atoms with Crippen molar-refractivity contribution in [3.63, 3.8) is 0 Å². The maximum Gasteiger partial charge on any atom is 0.148 e. The zero-order valence-corrected chi connectivity index (χ0v) is 18.1. The number of para-hydroxylation sites is 1. The van der Waals surface area contributed by atoms with Crippen LogP contribution in [0.5, 0.6) is 5.75 Å². The summed E-state index contributed by atoms with van der Waals surface area (Å²) in [6, 6.07) is 20.0. The summed E-state index contributed by atoms with van der Waals surface area (Å²) in [5.41, 5.74) is 3.44. The molecule has 154 valence electrons. The number of hydrogen-bond donors (Lipinski definition) is 0. The number of ether oxygens (including phenoxy) is 1. The molecule has 0 saturated carbocycles. The Labute approximate surface area is 187 Å². The first kappa shape index (κ1) is 19.7. The standard InChI is InChI=1S/C24H17ClFN3OS/c1-30-21-12-16(26)8-11-19(21)24-27-17(14-29(24)18-9-6-15(25)7-10-18)13-23-28-20-4-2-3-5-22(20)31-23/h2-12,14H,13H2,1H3. The lowest BCUT2D eigenvalue weighted by Crippen LogP contribution is -1.98. The van der Waals surface area contributed by atoms with Gasteiger partial charge in [0, 0.05) is 29.4 Å². The Kier molecular flexibility index (Phi) is 5.18. The van der Waals surface area contributed by atoms with Crippen molar-refractivity contribution in [3.8, 4) is 22.8 Å². The van der Waals surface area contributed by atoms with Crippen LogP contribution in [0.25, 0.3) is 27.3 Å². The monoisotopic (exact) mass is 449 g/mol. The van der Waals surface area contributed by atoms with Crippen LogP contribution < -0.4 is 4.74 Å². The lowest BCUT2D eigenvalue weighted by atomic mass is 10.1. The normalized spacial score (nSPS) is 11.2. The van der Waals surface area contributed by atoms with E-state index in [1.54, 1.807) is 17.4 Å². The van der Waals surface area contributed by atoms with Crippen LogP contribution in [0.4, 0.5) is 4.39 Å². The van der Waals surface area contributed by atoms with Crippen molar-refractivity contribution in [1.29, 1.82) is 0 Å². The van der Waals surface area contributed by atoms with Gasteiger partial charge in [-0.3, -0.25) is 4.57 Å². The van der Waals surface area contributed by atoms with Crippen molar-refractivity contribution in [1.82, 2.24) is 14.5 Å². The molecule has 0 fully saturated rings. The van der Waals surface area contributed by atoms with Gasteiger partial charge in [-0.25, -0.2) is 14.4 Å². The molecule has 0 aliphatic heterocycles. The number of fused-ring (bicyclic) bond motifs is 1. The molecule has 0 bridgehead atoms. The summed E-state index contributed by atoms with van der Waals surface area (Å²) in [5.74, 6) is 0.725. The van der Waals surface area contributed by atoms with Gasteiger partial charge in [-0.2, -0.15) is 0 Å². The zero-order valence-electron chi connectivity index (χ0n) is 16.5. The molecular formula is C24H17ClFN3OS. The minimum absolute atomic E-state index is 0.361. The van der Waals surface area contributed by atoms with E-state index in [1.165, 1.54) is 19.2 Å². The zero-order chi connectivity index (χ0) is 21.4. The molecule has 0 unspecified atom stereocenters. The van der Waals surface area contributed by atoms with Crippen LogP contribution in [0.3, 0.4) is 0 Å². The Morgan fingerprint density at radius 1 is 1.03 bits per heavy atom. The topological polar surface area (TPSA) is 39.9 Å². The highest BCUT2D eigenvalue weighted by Crippen LogP contribution is 2.33. The molecule has 3 aromatic carbocycles. The average molecular weight is 450 g/mol. The van der Waals surface area contributed by atoms with Gasteiger partial charge in [-0.05, 0) is 48.5 Å². The first-order valence-electron chi connectivity index (χ1n) is 9.63. The molecule has 0 aliphatic carbocycles. The Hall–Kier alpha value is -3.22. The molecule has 0 N–H and O–H groups in total. The molecule has 2 aromatic heterocycles. The number of halogens is 2. The third kappa shape index (κ3) is 3.92. The van der Waals surface area contributed by atoms with Crippen LogP contribution >= 0.6 is 22.9 Å². The summed E-state index contributed by atoms with van der Waals surface area (Å²) in [6.45, 7) is 0. The predicted octanol–water partition coefficient (Wildman–Crippen LogP) is 6.54. The first-order valence-corrected chi connectivity index (χ1v) is 10.8. The SMILES string of the molecule is COc1cc(F)ccc1-c1nc(Cc2nc3ccccc3s2)cn1-c1ccc(Cl)cc1. The molecule has 5 rings (SSSR count). The lowest BCUT2D eigenvalue weighted by molar-refractivity contribution is 0.412. The highest BCUT2D eigenvalue weighted by molar-refractivity contribution is 7.18. The molecule has 2 heterocycles. The van der Waals surface area contributed by atoms with Gasteiger partial charge >= 0.3 is 0 Å². The quantitative estimate of drug-likeness (QED) is 0.306. The van der Waals surface area contributed by atoms with Crippen LogP contribution in [0.1, 0.15) is 10.7 Å². The molecule has 0 saturated heterocycles. The van der Waals surface area contributed by atoms with Crippen LogP contribution in [0.15, 0.2) is 72.9 Å². The molecule has 0 amide bonds. The average Bonchev–Trinajstić information content (AvgIpc) is 3.38. The van der Waals surface area contributed by atoms with E-state index in [1.807, 2.05) is 53.2 Å². The van der Waals surface area contributed by atoms with Gasteiger partial charge in [0.2, 0.25) is 0 Å². The molecule has 0 atom stereocenters. The second-order valence-electron chi connectivity index (χ2n) is 7.00. The van der Waals surface area contributed by atoms with Crippen molar-refractivity contribution >= 4 is 33.2 Å². The number of benzene rings is 3. The van der Waals surface area contributed by atoms with E-state index in [4.69, 9.17) is 26.3 Å². The maximum atomic E-state index is 13.8. The Morgan fingerprint density at radius 3 is 2.61 bits per heavy atom. The molecule has 4 nitrogen and oxygen atoms in total. The fourth-order valence-corrected chi connectivity index (χ4v) is 4.61. The van der Waals surface area contributed by atoms with Crippen molar-refractivity contribution in [3.05, 3.63) is 94.5 Å². The van der Waals surface area contributed by atoms with Gasteiger partial charge in [0.1, 0.15) is 17.4 Å². The molecule has 7 heteroatoms. The van der Waals surface area contributed by atoms with Crippen molar-refractivity contribution in [2.45, 2.75) is 6.42 Å². The Morgan fingerprint density at radius 2 is 1.84 bits per heavy atom. The Balaban J connectivity index is 1.62. The van der Waals surface area contributed by atoms with Crippen LogP contribution in [-0.4, -0.2) is 21.6 Å². The number of thiazole rings is 1. The second-order valence-corrected chi connectivity index (χ2v) is 8.55. The van der Waals surface area contributed by atoms with E-state index in [2.05, 4.69) is 6.07 Å². The molecular weight excluding hydrogens is 433 g/mol. The maximum absolute atomic E-state index is 13.8. The summed E-state index contributed by atoms with van der Waals surface area (Å²) in [4.78, 5) is 9.60. The number of nitrogens with zero attached hydrogens (tertiary/aromatic N) is 3. The van der Waals surface area contributed by atoms with E-state index >= 15 is 0 Å². The van der Waals surface area contributed by atoms with E-state index in [-0.39, 0.29) is 5.82 Å². The number of methoxy groups -OCH3 is 1. The minimum atomic E-state index is -0.361.